The van der Waals surface area contributed by atoms with Crippen molar-refractivity contribution in [1.29, 1.82) is 0 Å². The van der Waals surface area contributed by atoms with Crippen molar-refractivity contribution in [2.75, 3.05) is 25.0 Å². The van der Waals surface area contributed by atoms with Gasteiger partial charge in [0.1, 0.15) is 18.3 Å². The molecular weight excluding hydrogens is 586 g/mol. The first-order chi connectivity index (χ1) is 20.6. The summed E-state index contributed by atoms with van der Waals surface area (Å²) in [5, 5.41) is 3.09. The minimum Gasteiger partial charge on any atom is -0.497 e. The topological polar surface area (TPSA) is 96.0 Å². The Balaban J connectivity index is 1.81. The van der Waals surface area contributed by atoms with Crippen molar-refractivity contribution in [2.45, 2.75) is 30.8 Å². The SMILES string of the molecule is CNC(=O)C(Cc1ccccc1)N(Cc1ccccc1Cl)C(=O)CN(c1cccc(OC)c1)S(=O)(=O)c1ccc(C)cc1. The normalized spacial score (nSPS) is 11.8. The predicted octanol–water partition coefficient (Wildman–Crippen LogP) is 5.24. The van der Waals surface area contributed by atoms with Gasteiger partial charge in [0, 0.05) is 31.1 Å². The maximum Gasteiger partial charge on any atom is 0.264 e. The number of carbonyl (C=O) groups is 2. The molecule has 43 heavy (non-hydrogen) atoms. The molecule has 4 aromatic rings. The zero-order valence-electron chi connectivity index (χ0n) is 24.2. The minimum absolute atomic E-state index is 0.0139. The first-order valence-electron chi connectivity index (χ1n) is 13.7. The summed E-state index contributed by atoms with van der Waals surface area (Å²) < 4.78 is 34.6. The van der Waals surface area contributed by atoms with Gasteiger partial charge in [-0.1, -0.05) is 83.9 Å². The average Bonchev–Trinajstić information content (AvgIpc) is 3.02. The van der Waals surface area contributed by atoms with E-state index in [1.54, 1.807) is 60.7 Å². The van der Waals surface area contributed by atoms with Gasteiger partial charge in [0.2, 0.25) is 11.8 Å². The second-order valence-electron chi connectivity index (χ2n) is 9.96. The van der Waals surface area contributed by atoms with E-state index in [4.69, 9.17) is 16.3 Å². The summed E-state index contributed by atoms with van der Waals surface area (Å²) in [6.45, 7) is 1.27. The Kier molecular flexibility index (Phi) is 10.4. The predicted molar refractivity (Wildman–Crippen MR) is 169 cm³/mol. The van der Waals surface area contributed by atoms with Crippen molar-refractivity contribution in [3.05, 3.63) is 125 Å². The van der Waals surface area contributed by atoms with Crippen molar-refractivity contribution in [3.63, 3.8) is 0 Å². The monoisotopic (exact) mass is 619 g/mol. The molecule has 0 heterocycles. The molecule has 4 rings (SSSR count). The number of amides is 2. The van der Waals surface area contributed by atoms with Crippen LogP contribution in [0.2, 0.25) is 5.02 Å². The Bertz CT molecular complexity index is 1660. The molecule has 0 radical (unpaired) electrons. The van der Waals surface area contributed by atoms with Crippen molar-refractivity contribution < 1.29 is 22.7 Å². The molecule has 1 N–H and O–H groups in total. The molecule has 10 heteroatoms. The summed E-state index contributed by atoms with van der Waals surface area (Å²) in [5.41, 5.74) is 2.59. The third-order valence-electron chi connectivity index (χ3n) is 7.05. The van der Waals surface area contributed by atoms with E-state index in [0.29, 0.717) is 16.3 Å². The Morgan fingerprint density at radius 2 is 1.58 bits per heavy atom. The molecule has 0 bridgehead atoms. The number of hydrogen-bond donors (Lipinski definition) is 1. The van der Waals surface area contributed by atoms with E-state index in [1.165, 1.54) is 31.2 Å². The van der Waals surface area contributed by atoms with Crippen LogP contribution in [-0.2, 0) is 32.6 Å². The minimum atomic E-state index is -4.21. The lowest BCUT2D eigenvalue weighted by Gasteiger charge is -2.33. The number of anilines is 1. The largest absolute Gasteiger partial charge is 0.497 e. The lowest BCUT2D eigenvalue weighted by Crippen LogP contribution is -2.53. The van der Waals surface area contributed by atoms with Crippen LogP contribution in [0, 0.1) is 6.92 Å². The Labute approximate surface area is 257 Å². The standard InChI is InChI=1S/C33H34ClN3O5S/c1-24-16-18-29(19-17-24)43(40,41)37(27-13-9-14-28(21-27)42-3)23-32(38)36(22-26-12-7-8-15-30(26)34)31(33(39)35-2)20-25-10-5-4-6-11-25/h4-19,21,31H,20,22-23H2,1-3H3,(H,35,39). The lowest BCUT2D eigenvalue weighted by atomic mass is 10.0. The second-order valence-corrected chi connectivity index (χ2v) is 12.2. The molecule has 224 valence electrons. The lowest BCUT2D eigenvalue weighted by molar-refractivity contribution is -0.139. The van der Waals surface area contributed by atoms with Crippen molar-refractivity contribution >= 4 is 39.1 Å². The van der Waals surface area contributed by atoms with E-state index in [2.05, 4.69) is 5.32 Å². The molecule has 0 saturated carbocycles. The molecule has 0 saturated heterocycles. The van der Waals surface area contributed by atoms with Gasteiger partial charge in [0.15, 0.2) is 0 Å². The number of likely N-dealkylation sites (N-methyl/N-ethyl adjacent to an activating group) is 1. The van der Waals surface area contributed by atoms with Crippen molar-refractivity contribution in [2.24, 2.45) is 0 Å². The third-order valence-corrected chi connectivity index (χ3v) is 9.20. The number of sulfonamides is 1. The van der Waals surface area contributed by atoms with Gasteiger partial charge < -0.3 is 15.0 Å². The molecule has 0 aliphatic carbocycles. The molecule has 2 amide bonds. The maximum absolute atomic E-state index is 14.3. The number of hydrogen-bond acceptors (Lipinski definition) is 5. The smallest absolute Gasteiger partial charge is 0.264 e. The summed E-state index contributed by atoms with van der Waals surface area (Å²) in [6, 6.07) is 28.3. The summed E-state index contributed by atoms with van der Waals surface area (Å²) in [5.74, 6) is -0.546. The number of ether oxygens (including phenoxy) is 1. The van der Waals surface area contributed by atoms with Gasteiger partial charge in [-0.25, -0.2) is 8.42 Å². The Morgan fingerprint density at radius 1 is 0.907 bits per heavy atom. The molecule has 8 nitrogen and oxygen atoms in total. The van der Waals surface area contributed by atoms with Gasteiger partial charge in [-0.05, 0) is 48.4 Å². The van der Waals surface area contributed by atoms with Gasteiger partial charge in [0.25, 0.3) is 10.0 Å². The van der Waals surface area contributed by atoms with Crippen LogP contribution in [0.3, 0.4) is 0 Å². The highest BCUT2D eigenvalue weighted by Gasteiger charge is 2.34. The number of methoxy groups -OCH3 is 1. The molecule has 0 aliphatic heterocycles. The van der Waals surface area contributed by atoms with Crippen LogP contribution in [0.4, 0.5) is 5.69 Å². The van der Waals surface area contributed by atoms with Gasteiger partial charge in [-0.2, -0.15) is 0 Å². The average molecular weight is 620 g/mol. The van der Waals surface area contributed by atoms with Crippen LogP contribution >= 0.6 is 11.6 Å². The van der Waals surface area contributed by atoms with E-state index < -0.39 is 34.4 Å². The number of nitrogens with zero attached hydrogens (tertiary/aromatic N) is 2. The number of halogens is 1. The fraction of sp³-hybridized carbons (Fsp3) is 0.212. The van der Waals surface area contributed by atoms with E-state index in [-0.39, 0.29) is 23.5 Å². The number of benzene rings is 4. The first-order valence-corrected chi connectivity index (χ1v) is 15.5. The zero-order chi connectivity index (χ0) is 31.0. The van der Waals surface area contributed by atoms with Crippen molar-refractivity contribution in [3.8, 4) is 5.75 Å². The summed E-state index contributed by atoms with van der Waals surface area (Å²) in [6.07, 6.45) is 0.209. The van der Waals surface area contributed by atoms with Gasteiger partial charge in [0.05, 0.1) is 17.7 Å². The highest BCUT2D eigenvalue weighted by atomic mass is 35.5. The first kappa shape index (κ1) is 31.6. The summed E-state index contributed by atoms with van der Waals surface area (Å²) in [7, 11) is -1.23. The Morgan fingerprint density at radius 3 is 2.23 bits per heavy atom. The number of nitrogens with one attached hydrogen (secondary N) is 1. The van der Waals surface area contributed by atoms with Crippen LogP contribution in [0.25, 0.3) is 0 Å². The number of carbonyl (C=O) groups excluding carboxylic acids is 2. The van der Waals surface area contributed by atoms with Crippen LogP contribution in [0.15, 0.2) is 108 Å². The maximum atomic E-state index is 14.3. The number of rotatable bonds is 12. The Hall–Kier alpha value is -4.34. The third kappa shape index (κ3) is 7.74. The van der Waals surface area contributed by atoms with Gasteiger partial charge >= 0.3 is 0 Å². The number of aryl methyl sites for hydroxylation is 1. The quantitative estimate of drug-likeness (QED) is 0.234. The van der Waals surface area contributed by atoms with Crippen molar-refractivity contribution in [1.82, 2.24) is 10.2 Å². The fourth-order valence-electron chi connectivity index (χ4n) is 4.66. The fourth-order valence-corrected chi connectivity index (χ4v) is 6.26. The highest BCUT2D eigenvalue weighted by molar-refractivity contribution is 7.92. The van der Waals surface area contributed by atoms with E-state index in [0.717, 1.165) is 15.4 Å². The highest BCUT2D eigenvalue weighted by Crippen LogP contribution is 2.28. The molecule has 1 atom stereocenters. The summed E-state index contributed by atoms with van der Waals surface area (Å²) in [4.78, 5) is 29.1. The molecular formula is C33H34ClN3O5S. The molecule has 0 aromatic heterocycles. The zero-order valence-corrected chi connectivity index (χ0v) is 25.8. The molecule has 4 aromatic carbocycles. The van der Waals surface area contributed by atoms with E-state index >= 15 is 0 Å². The van der Waals surface area contributed by atoms with Gasteiger partial charge in [-0.3, -0.25) is 13.9 Å². The summed E-state index contributed by atoms with van der Waals surface area (Å²) >= 11 is 6.49. The van der Waals surface area contributed by atoms with Crippen LogP contribution in [-0.4, -0.2) is 51.9 Å². The van der Waals surface area contributed by atoms with E-state index in [1.807, 2.05) is 37.3 Å². The van der Waals surface area contributed by atoms with Crippen LogP contribution < -0.4 is 14.4 Å². The van der Waals surface area contributed by atoms with Crippen LogP contribution in [0.1, 0.15) is 16.7 Å². The van der Waals surface area contributed by atoms with Gasteiger partial charge in [-0.15, -0.1) is 0 Å². The molecule has 0 fully saturated rings. The van der Waals surface area contributed by atoms with E-state index in [9.17, 15) is 18.0 Å². The molecule has 0 spiro atoms. The molecule has 0 aliphatic rings. The van der Waals surface area contributed by atoms with Crippen LogP contribution in [0.5, 0.6) is 5.75 Å². The molecule has 1 unspecified atom stereocenters. The second kappa shape index (κ2) is 14.2.